The monoisotopic (exact) mass is 487 g/mol. The van der Waals surface area contributed by atoms with E-state index in [4.69, 9.17) is 19.8 Å². The van der Waals surface area contributed by atoms with Gasteiger partial charge in [-0.3, -0.25) is 9.98 Å². The van der Waals surface area contributed by atoms with Gasteiger partial charge in [0.1, 0.15) is 11.5 Å². The number of carbonyl (C=O) groups is 2. The molecule has 2 aromatic carbocycles. The molecule has 0 amide bonds. The third kappa shape index (κ3) is 16.6. The van der Waals surface area contributed by atoms with Gasteiger partial charge < -0.3 is 30.0 Å². The summed E-state index contributed by atoms with van der Waals surface area (Å²) in [6, 6.07) is 10.9. The summed E-state index contributed by atoms with van der Waals surface area (Å²) in [4.78, 5) is 26.4. The molecule has 0 aliphatic rings. The van der Waals surface area contributed by atoms with Gasteiger partial charge in [-0.2, -0.15) is 0 Å². The maximum Gasteiger partial charge on any atom is 2.00 e. The fourth-order valence-electron chi connectivity index (χ4n) is 2.13. The van der Waals surface area contributed by atoms with Gasteiger partial charge in [0, 0.05) is 48.6 Å². The van der Waals surface area contributed by atoms with Crippen molar-refractivity contribution in [1.82, 2.24) is 0 Å². The van der Waals surface area contributed by atoms with Gasteiger partial charge in [-0.15, -0.1) is 0 Å². The molecule has 0 atom stereocenters. The molecule has 8 nitrogen and oxygen atoms in total. The van der Waals surface area contributed by atoms with Crippen LogP contribution in [0.1, 0.15) is 42.5 Å². The van der Waals surface area contributed by atoms with Crippen molar-refractivity contribution in [2.24, 2.45) is 9.98 Å². The standard InChI is InChI=1S/C19H22N2O2.2C2H4O2.Co/c1-14-4-6-18(22)16(10-14)12-20-8-3-9-21-13-17-11-15(2)5-7-19(17)23;2*1-2(3)4;/h4-7,10-13,22-23H,3,8-9H2,1-2H3;2*1H3,(H,3,4);/q;;;+2/p-2. The summed E-state index contributed by atoms with van der Waals surface area (Å²) in [5.41, 5.74) is 3.65. The molecule has 0 aliphatic carbocycles. The van der Waals surface area contributed by atoms with Crippen LogP contribution in [0.15, 0.2) is 46.4 Å². The average Bonchev–Trinajstić information content (AvgIpc) is 2.65. The zero-order valence-electron chi connectivity index (χ0n) is 18.5. The Kier molecular flexibility index (Phi) is 17.0. The van der Waals surface area contributed by atoms with Crippen molar-refractivity contribution >= 4 is 24.4 Å². The summed E-state index contributed by atoms with van der Waals surface area (Å²) in [5, 5.41) is 37.2. The van der Waals surface area contributed by atoms with E-state index < -0.39 is 11.9 Å². The number of benzene rings is 2. The van der Waals surface area contributed by atoms with Crippen LogP contribution >= 0.6 is 0 Å². The summed E-state index contributed by atoms with van der Waals surface area (Å²) in [7, 11) is 0. The third-order valence-corrected chi connectivity index (χ3v) is 3.40. The molecule has 0 saturated carbocycles. The predicted octanol–water partition coefficient (Wildman–Crippen LogP) is 1.15. The summed E-state index contributed by atoms with van der Waals surface area (Å²) >= 11 is 0. The van der Waals surface area contributed by atoms with E-state index >= 15 is 0 Å². The normalized spacial score (nSPS) is 9.88. The molecule has 9 heteroatoms. The van der Waals surface area contributed by atoms with Crippen molar-refractivity contribution < 1.29 is 46.8 Å². The molecular formula is C23H28CoN2O6. The molecule has 0 aliphatic heterocycles. The van der Waals surface area contributed by atoms with Crippen LogP contribution in [0.25, 0.3) is 0 Å². The summed E-state index contributed by atoms with van der Waals surface area (Å²) in [5.74, 6) is -1.68. The van der Waals surface area contributed by atoms with Crippen molar-refractivity contribution in [2.45, 2.75) is 34.1 Å². The molecule has 0 bridgehead atoms. The first kappa shape index (κ1) is 31.0. The van der Waals surface area contributed by atoms with Crippen molar-refractivity contribution in [3.63, 3.8) is 0 Å². The van der Waals surface area contributed by atoms with Gasteiger partial charge in [0.15, 0.2) is 0 Å². The molecule has 2 aromatic rings. The third-order valence-electron chi connectivity index (χ3n) is 3.40. The number of carboxylic acids is 2. The van der Waals surface area contributed by atoms with Gasteiger partial charge in [-0.05, 0) is 58.4 Å². The van der Waals surface area contributed by atoms with Crippen molar-refractivity contribution in [3.05, 3.63) is 58.7 Å². The zero-order valence-corrected chi connectivity index (χ0v) is 19.5. The minimum absolute atomic E-state index is 0. The number of aliphatic carboxylic acids is 2. The topological polar surface area (TPSA) is 145 Å². The number of phenolic OH excluding ortho intramolecular Hbond substituents is 2. The first-order valence-electron chi connectivity index (χ1n) is 9.47. The Balaban J connectivity index is 0. The van der Waals surface area contributed by atoms with Crippen LogP contribution in [0.2, 0.25) is 0 Å². The van der Waals surface area contributed by atoms with Gasteiger partial charge in [0.25, 0.3) is 0 Å². The number of carbonyl (C=O) groups excluding carboxylic acids is 2. The Morgan fingerprint density at radius 3 is 1.44 bits per heavy atom. The minimum Gasteiger partial charge on any atom is -0.550 e. The van der Waals surface area contributed by atoms with Gasteiger partial charge in [-0.25, -0.2) is 0 Å². The number of rotatable bonds is 6. The molecule has 0 heterocycles. The summed E-state index contributed by atoms with van der Waals surface area (Å²) in [6.45, 7) is 7.19. The second-order valence-corrected chi connectivity index (χ2v) is 6.53. The summed E-state index contributed by atoms with van der Waals surface area (Å²) < 4.78 is 0. The number of carboxylic acid groups (broad SMARTS) is 2. The van der Waals surface area contributed by atoms with E-state index in [9.17, 15) is 10.2 Å². The molecule has 0 aromatic heterocycles. The molecule has 1 radical (unpaired) electrons. The van der Waals surface area contributed by atoms with Gasteiger partial charge >= 0.3 is 16.8 Å². The number of hydrogen-bond acceptors (Lipinski definition) is 8. The zero-order chi connectivity index (χ0) is 23.8. The van der Waals surface area contributed by atoms with E-state index in [1.165, 1.54) is 0 Å². The first-order chi connectivity index (χ1) is 14.5. The maximum absolute atomic E-state index is 9.71. The Labute approximate surface area is 198 Å². The molecule has 0 saturated heterocycles. The van der Waals surface area contributed by atoms with E-state index in [0.717, 1.165) is 42.5 Å². The molecule has 2 N–H and O–H groups in total. The smallest absolute Gasteiger partial charge is 0.550 e. The van der Waals surface area contributed by atoms with E-state index in [2.05, 4.69) is 9.98 Å². The maximum atomic E-state index is 9.71. The largest absolute Gasteiger partial charge is 2.00 e. The number of nitrogens with zero attached hydrogens (tertiary/aromatic N) is 2. The fraction of sp³-hybridized carbons (Fsp3) is 0.304. The number of aliphatic imine (C=N–C) groups is 2. The molecule has 32 heavy (non-hydrogen) atoms. The molecule has 2 rings (SSSR count). The van der Waals surface area contributed by atoms with E-state index in [1.807, 2.05) is 38.1 Å². The van der Waals surface area contributed by atoms with Crippen LogP contribution in [-0.2, 0) is 26.4 Å². The number of aryl methyl sites for hydroxylation is 2. The van der Waals surface area contributed by atoms with Gasteiger partial charge in [-0.1, -0.05) is 23.3 Å². The Bertz CT molecular complexity index is 832. The Morgan fingerprint density at radius 2 is 1.12 bits per heavy atom. The average molecular weight is 487 g/mol. The van der Waals surface area contributed by atoms with Crippen molar-refractivity contribution in [3.8, 4) is 11.5 Å². The van der Waals surface area contributed by atoms with E-state index in [1.54, 1.807) is 24.6 Å². The SMILES string of the molecule is CC(=O)[O-].CC(=O)[O-].Cc1ccc(O)c(C=NCCCN=Cc2cc(C)ccc2O)c1.[Co+2]. The minimum atomic E-state index is -1.08. The molecule has 0 spiro atoms. The Morgan fingerprint density at radius 1 is 0.812 bits per heavy atom. The van der Waals surface area contributed by atoms with Crippen LogP contribution in [0, 0.1) is 13.8 Å². The summed E-state index contributed by atoms with van der Waals surface area (Å²) in [6.07, 6.45) is 4.20. The molecular weight excluding hydrogens is 459 g/mol. The number of aromatic hydroxyl groups is 2. The van der Waals surface area contributed by atoms with Crippen LogP contribution in [-0.4, -0.2) is 47.7 Å². The molecule has 175 valence electrons. The van der Waals surface area contributed by atoms with E-state index in [0.29, 0.717) is 13.1 Å². The van der Waals surface area contributed by atoms with E-state index in [-0.39, 0.29) is 28.3 Å². The second kappa shape index (κ2) is 17.5. The molecule has 0 unspecified atom stereocenters. The second-order valence-electron chi connectivity index (χ2n) is 6.53. The van der Waals surface area contributed by atoms with Crippen molar-refractivity contribution in [1.29, 1.82) is 0 Å². The van der Waals surface area contributed by atoms with Gasteiger partial charge in [0.2, 0.25) is 0 Å². The fourth-order valence-corrected chi connectivity index (χ4v) is 2.13. The Hall–Kier alpha value is -3.17. The predicted molar refractivity (Wildman–Crippen MR) is 117 cm³/mol. The number of phenols is 2. The first-order valence-corrected chi connectivity index (χ1v) is 9.47. The quantitative estimate of drug-likeness (QED) is 0.462. The molecule has 0 fully saturated rings. The van der Waals surface area contributed by atoms with Crippen LogP contribution in [0.5, 0.6) is 11.5 Å². The van der Waals surface area contributed by atoms with Gasteiger partial charge in [0.05, 0.1) is 0 Å². The van der Waals surface area contributed by atoms with Crippen LogP contribution in [0.3, 0.4) is 0 Å². The van der Waals surface area contributed by atoms with Crippen LogP contribution in [0.4, 0.5) is 0 Å². The van der Waals surface area contributed by atoms with Crippen molar-refractivity contribution in [2.75, 3.05) is 13.1 Å². The van der Waals surface area contributed by atoms with Crippen LogP contribution < -0.4 is 10.2 Å². The number of hydrogen-bond donors (Lipinski definition) is 2.